The van der Waals surface area contributed by atoms with Crippen molar-refractivity contribution in [3.05, 3.63) is 131 Å². The van der Waals surface area contributed by atoms with Crippen LogP contribution in [0.4, 0.5) is 0 Å². The molecule has 346 valence electrons. The summed E-state index contributed by atoms with van der Waals surface area (Å²) in [7, 11) is 3.22. The first-order chi connectivity index (χ1) is 31.6. The van der Waals surface area contributed by atoms with E-state index in [-0.39, 0.29) is 82.3 Å². The first-order valence-electron chi connectivity index (χ1n) is 21.9. The number of amides is 3. The number of ether oxygens (including phenoxy) is 8. The number of imide groups is 1. The fraction of sp³-hybridized carbons (Fsp3) is 0.420. The number of likely N-dealkylation sites (tertiary alicyclic amines) is 1. The molecule has 65 heavy (non-hydrogen) atoms. The molecular weight excluding hydrogens is 837 g/mol. The third kappa shape index (κ3) is 12.9. The number of Topliss-reactive ketones (excluding diaryl/α,β-unsaturated/α-hetero) is 1. The molecule has 15 heteroatoms. The monoisotopic (exact) mass is 894 g/mol. The summed E-state index contributed by atoms with van der Waals surface area (Å²) in [6.45, 7) is 4.06. The van der Waals surface area contributed by atoms with E-state index in [2.05, 4.69) is 0 Å². The second kappa shape index (κ2) is 24.4. The zero-order valence-corrected chi connectivity index (χ0v) is 37.3. The number of rotatable bonds is 27. The van der Waals surface area contributed by atoms with Gasteiger partial charge in [0.2, 0.25) is 5.91 Å². The van der Waals surface area contributed by atoms with E-state index in [9.17, 15) is 24.0 Å². The van der Waals surface area contributed by atoms with Gasteiger partial charge in [0.15, 0.2) is 0 Å². The molecule has 6 rings (SSSR count). The highest BCUT2D eigenvalue weighted by molar-refractivity contribution is 6.21. The van der Waals surface area contributed by atoms with Gasteiger partial charge in [-0.15, -0.1) is 0 Å². The second-order valence-electron chi connectivity index (χ2n) is 15.6. The minimum absolute atomic E-state index is 0.0349. The van der Waals surface area contributed by atoms with Gasteiger partial charge in [0.1, 0.15) is 29.0 Å². The SMILES string of the molecule is COc1ccc(C(OCC2C[C@@H](OC(=O)CCC(C)=O)CN2C(=O)CCOCCOCCOCCOCCN2C(=O)c3ccccc3C2=O)(c2ccccc2)c2ccc(OC)cc2)cc1. The summed E-state index contributed by atoms with van der Waals surface area (Å²) in [5.41, 5.74) is 2.24. The molecule has 0 radical (unpaired) electrons. The lowest BCUT2D eigenvalue weighted by atomic mass is 9.80. The number of ketones is 1. The highest BCUT2D eigenvalue weighted by Crippen LogP contribution is 2.42. The molecule has 3 amide bonds. The molecule has 2 aliphatic heterocycles. The quantitative estimate of drug-likeness (QED) is 0.0313. The van der Waals surface area contributed by atoms with E-state index < -0.39 is 23.7 Å². The number of carbonyl (C=O) groups excluding carboxylic acids is 5. The van der Waals surface area contributed by atoms with E-state index in [4.69, 9.17) is 37.9 Å². The molecule has 4 aromatic carbocycles. The third-order valence-electron chi connectivity index (χ3n) is 11.3. The van der Waals surface area contributed by atoms with Crippen molar-refractivity contribution in [3.63, 3.8) is 0 Å². The van der Waals surface area contributed by atoms with Gasteiger partial charge in [0.25, 0.3) is 11.8 Å². The van der Waals surface area contributed by atoms with Crippen LogP contribution in [-0.2, 0) is 48.4 Å². The topological polar surface area (TPSA) is 166 Å². The van der Waals surface area contributed by atoms with Crippen LogP contribution in [0.1, 0.15) is 70.0 Å². The van der Waals surface area contributed by atoms with Crippen LogP contribution >= 0.6 is 0 Å². The number of fused-ring (bicyclic) bond motifs is 1. The van der Waals surface area contributed by atoms with Crippen LogP contribution in [0.5, 0.6) is 11.5 Å². The Morgan fingerprint density at radius 2 is 1.09 bits per heavy atom. The van der Waals surface area contributed by atoms with Gasteiger partial charge in [-0.2, -0.15) is 0 Å². The molecule has 0 aliphatic carbocycles. The zero-order valence-electron chi connectivity index (χ0n) is 37.3. The molecule has 2 heterocycles. The van der Waals surface area contributed by atoms with Crippen LogP contribution in [0.3, 0.4) is 0 Å². The summed E-state index contributed by atoms with van der Waals surface area (Å²) in [5, 5.41) is 0. The normalized spacial score (nSPS) is 15.9. The van der Waals surface area contributed by atoms with Gasteiger partial charge in [0.05, 0.1) is 117 Å². The van der Waals surface area contributed by atoms with Crippen molar-refractivity contribution in [2.45, 2.75) is 50.4 Å². The van der Waals surface area contributed by atoms with E-state index in [0.29, 0.717) is 62.1 Å². The van der Waals surface area contributed by atoms with E-state index in [0.717, 1.165) is 16.7 Å². The largest absolute Gasteiger partial charge is 0.497 e. The van der Waals surface area contributed by atoms with Crippen LogP contribution in [0, 0.1) is 0 Å². The average molecular weight is 895 g/mol. The molecule has 2 aliphatic rings. The molecule has 15 nitrogen and oxygen atoms in total. The fourth-order valence-electron chi connectivity index (χ4n) is 7.90. The summed E-state index contributed by atoms with van der Waals surface area (Å²) >= 11 is 0. The highest BCUT2D eigenvalue weighted by Gasteiger charge is 2.43. The predicted octanol–water partition coefficient (Wildman–Crippen LogP) is 5.65. The van der Waals surface area contributed by atoms with Crippen molar-refractivity contribution in [2.75, 3.05) is 86.8 Å². The summed E-state index contributed by atoms with van der Waals surface area (Å²) in [6.07, 6.45) is -0.122. The van der Waals surface area contributed by atoms with Crippen molar-refractivity contribution in [1.82, 2.24) is 9.80 Å². The van der Waals surface area contributed by atoms with E-state index in [1.807, 2.05) is 78.9 Å². The van der Waals surface area contributed by atoms with Gasteiger partial charge >= 0.3 is 5.97 Å². The number of carbonyl (C=O) groups is 5. The van der Waals surface area contributed by atoms with Crippen molar-refractivity contribution in [1.29, 1.82) is 0 Å². The molecule has 1 saturated heterocycles. The fourth-order valence-corrected chi connectivity index (χ4v) is 7.90. The van der Waals surface area contributed by atoms with Gasteiger partial charge in [-0.3, -0.25) is 24.1 Å². The van der Waals surface area contributed by atoms with Gasteiger partial charge in [-0.1, -0.05) is 66.7 Å². The lowest BCUT2D eigenvalue weighted by Crippen LogP contribution is -2.42. The Morgan fingerprint density at radius 3 is 1.62 bits per heavy atom. The number of nitrogens with zero attached hydrogens (tertiary/aromatic N) is 2. The van der Waals surface area contributed by atoms with Crippen molar-refractivity contribution in [2.24, 2.45) is 0 Å². The Kier molecular flexibility index (Phi) is 18.2. The zero-order chi connectivity index (χ0) is 46.0. The number of hydrogen-bond donors (Lipinski definition) is 0. The van der Waals surface area contributed by atoms with Gasteiger partial charge in [-0.05, 0) is 60.0 Å². The number of benzene rings is 4. The number of esters is 1. The van der Waals surface area contributed by atoms with Crippen LogP contribution in [0.25, 0.3) is 0 Å². The smallest absolute Gasteiger partial charge is 0.306 e. The maximum absolute atomic E-state index is 13.9. The Balaban J connectivity index is 0.987. The van der Waals surface area contributed by atoms with Crippen LogP contribution in [0.2, 0.25) is 0 Å². The molecular formula is C50H58N2O13. The van der Waals surface area contributed by atoms with Gasteiger partial charge < -0.3 is 47.6 Å². The molecule has 0 N–H and O–H groups in total. The number of hydrogen-bond acceptors (Lipinski definition) is 13. The third-order valence-corrected chi connectivity index (χ3v) is 11.3. The standard InChI is InChI=1S/C50H58N2O13/c1-36(53)13-22-47(55)65-43-33-40(35-64-50(37-9-5-4-6-10-37,38-14-18-41(58-2)19-15-38)39-16-20-42(59-3)21-17-39)52(34-43)46(54)23-25-60-27-29-62-31-32-63-30-28-61-26-24-51-48(56)44-11-7-8-12-45(44)49(51)57/h4-12,14-21,40,43H,13,22-35H2,1-3H3/t40?,43-/m1/s1. The van der Waals surface area contributed by atoms with Gasteiger partial charge in [-0.25, -0.2) is 0 Å². The Labute approximate surface area is 379 Å². The maximum Gasteiger partial charge on any atom is 0.306 e. The Bertz CT molecular complexity index is 2100. The molecule has 2 atom stereocenters. The maximum atomic E-state index is 13.9. The minimum atomic E-state index is -1.13. The van der Waals surface area contributed by atoms with Crippen molar-refractivity contribution < 1.29 is 61.9 Å². The molecule has 0 aromatic heterocycles. The summed E-state index contributed by atoms with van der Waals surface area (Å²) in [6, 6.07) is 31.5. The second-order valence-corrected chi connectivity index (χ2v) is 15.6. The number of methoxy groups -OCH3 is 2. The minimum Gasteiger partial charge on any atom is -0.497 e. The first-order valence-corrected chi connectivity index (χ1v) is 21.9. The Morgan fingerprint density at radius 1 is 0.600 bits per heavy atom. The molecule has 0 bridgehead atoms. The average Bonchev–Trinajstić information content (AvgIpc) is 3.85. The van der Waals surface area contributed by atoms with Crippen LogP contribution in [-0.4, -0.2) is 138 Å². The van der Waals surface area contributed by atoms with Crippen molar-refractivity contribution in [3.8, 4) is 11.5 Å². The van der Waals surface area contributed by atoms with Crippen molar-refractivity contribution >= 4 is 29.5 Å². The first kappa shape index (κ1) is 48.5. The van der Waals surface area contributed by atoms with E-state index >= 15 is 0 Å². The predicted molar refractivity (Wildman–Crippen MR) is 238 cm³/mol. The molecule has 1 unspecified atom stereocenters. The Hall–Kier alpha value is -5.97. The van der Waals surface area contributed by atoms with Gasteiger partial charge in [0, 0.05) is 12.8 Å². The summed E-state index contributed by atoms with van der Waals surface area (Å²) in [4.78, 5) is 66.1. The van der Waals surface area contributed by atoms with E-state index in [1.165, 1.54) is 11.8 Å². The summed E-state index contributed by atoms with van der Waals surface area (Å²) in [5.74, 6) is -0.0281. The van der Waals surface area contributed by atoms with Crippen LogP contribution < -0.4 is 9.47 Å². The lowest BCUT2D eigenvalue weighted by Gasteiger charge is -2.38. The molecule has 0 spiro atoms. The molecule has 4 aromatic rings. The van der Waals surface area contributed by atoms with E-state index in [1.54, 1.807) is 43.4 Å². The summed E-state index contributed by atoms with van der Waals surface area (Å²) < 4.78 is 46.4. The highest BCUT2D eigenvalue weighted by atomic mass is 16.6. The lowest BCUT2D eigenvalue weighted by molar-refractivity contribution is -0.150. The van der Waals surface area contributed by atoms with Crippen LogP contribution in [0.15, 0.2) is 103 Å². The molecule has 1 fully saturated rings. The molecule has 0 saturated carbocycles.